The molecule has 17 heavy (non-hydrogen) atoms. The van der Waals surface area contributed by atoms with Crippen molar-refractivity contribution in [2.75, 3.05) is 18.6 Å². The van der Waals surface area contributed by atoms with Crippen LogP contribution in [0.1, 0.15) is 6.92 Å². The highest BCUT2D eigenvalue weighted by molar-refractivity contribution is 7.99. The number of rotatable bonds is 4. The van der Waals surface area contributed by atoms with Crippen molar-refractivity contribution in [3.8, 4) is 0 Å². The molecule has 1 rings (SSSR count). The summed E-state index contributed by atoms with van der Waals surface area (Å²) in [7, 11) is 1.33. The molecule has 0 saturated heterocycles. The molecule has 0 unspecified atom stereocenters. The monoisotopic (exact) mass is 273 g/mol. The van der Waals surface area contributed by atoms with Crippen LogP contribution in [-0.2, 0) is 9.53 Å². The minimum Gasteiger partial charge on any atom is -0.466 e. The summed E-state index contributed by atoms with van der Waals surface area (Å²) in [5, 5.41) is 0.780. The molecule has 0 aromatic carbocycles. The minimum atomic E-state index is -0.380. The summed E-state index contributed by atoms with van der Waals surface area (Å²) >= 11 is 7.09. The number of methoxy groups -OCH3 is 1. The molecule has 0 bridgehead atoms. The van der Waals surface area contributed by atoms with E-state index in [0.29, 0.717) is 21.9 Å². The number of nitrogens with two attached hydrogens (primary N) is 1. The van der Waals surface area contributed by atoms with Gasteiger partial charge in [-0.2, -0.15) is 0 Å². The Labute approximate surface area is 108 Å². The molecule has 92 valence electrons. The Morgan fingerprint density at radius 1 is 1.65 bits per heavy atom. The summed E-state index contributed by atoms with van der Waals surface area (Å²) in [4.78, 5) is 19.0. The molecule has 0 fully saturated rings. The number of carbonyl (C=O) groups is 1. The molecule has 7 heteroatoms. The molecule has 1 aromatic rings. The number of ether oxygens (including phenoxy) is 1. The third kappa shape index (κ3) is 5.06. The van der Waals surface area contributed by atoms with Crippen LogP contribution in [0, 0.1) is 0 Å². The highest BCUT2D eigenvalue weighted by Crippen LogP contribution is 2.19. The van der Waals surface area contributed by atoms with Gasteiger partial charge in [-0.3, -0.25) is 0 Å². The summed E-state index contributed by atoms with van der Waals surface area (Å²) in [6.07, 6.45) is 1.42. The van der Waals surface area contributed by atoms with E-state index >= 15 is 0 Å². The maximum Gasteiger partial charge on any atom is 0.330 e. The summed E-state index contributed by atoms with van der Waals surface area (Å²) in [5.74, 6) is 0.506. The molecule has 0 saturated carbocycles. The second kappa shape index (κ2) is 6.46. The Bertz CT molecular complexity index is 431. The molecular weight excluding hydrogens is 262 g/mol. The van der Waals surface area contributed by atoms with Crippen LogP contribution >= 0.6 is 23.4 Å². The fourth-order valence-electron chi connectivity index (χ4n) is 0.958. The van der Waals surface area contributed by atoms with Crippen LogP contribution in [0.15, 0.2) is 22.9 Å². The molecule has 0 aliphatic carbocycles. The second-order valence-electron chi connectivity index (χ2n) is 3.20. The molecule has 1 heterocycles. The number of hydrogen-bond donors (Lipinski definition) is 1. The van der Waals surface area contributed by atoms with Crippen molar-refractivity contribution in [2.45, 2.75) is 12.1 Å². The number of nitrogens with zero attached hydrogens (tertiary/aromatic N) is 2. The first-order chi connectivity index (χ1) is 8.01. The highest BCUT2D eigenvalue weighted by Gasteiger charge is 2.03. The molecular formula is C10H12ClN3O2S. The molecule has 0 radical (unpaired) electrons. The predicted molar refractivity (Wildman–Crippen MR) is 68.0 cm³/mol. The Morgan fingerprint density at radius 3 is 2.94 bits per heavy atom. The second-order valence-corrected chi connectivity index (χ2v) is 4.53. The van der Waals surface area contributed by atoms with E-state index in [4.69, 9.17) is 17.3 Å². The lowest BCUT2D eigenvalue weighted by atomic mass is 10.3. The van der Waals surface area contributed by atoms with Gasteiger partial charge in [0.15, 0.2) is 5.16 Å². The van der Waals surface area contributed by atoms with Gasteiger partial charge in [-0.1, -0.05) is 28.9 Å². The van der Waals surface area contributed by atoms with Crippen molar-refractivity contribution in [3.63, 3.8) is 0 Å². The summed E-state index contributed by atoms with van der Waals surface area (Å²) in [6, 6.07) is 1.47. The maximum absolute atomic E-state index is 11.0. The highest BCUT2D eigenvalue weighted by atomic mass is 35.5. The fraction of sp³-hybridized carbons (Fsp3) is 0.300. The van der Waals surface area contributed by atoms with Crippen molar-refractivity contribution < 1.29 is 9.53 Å². The van der Waals surface area contributed by atoms with E-state index in [1.165, 1.54) is 31.0 Å². The molecule has 1 aromatic heterocycles. The van der Waals surface area contributed by atoms with E-state index in [9.17, 15) is 4.79 Å². The van der Waals surface area contributed by atoms with Gasteiger partial charge in [0, 0.05) is 17.9 Å². The van der Waals surface area contributed by atoms with Gasteiger partial charge in [0.1, 0.15) is 11.0 Å². The number of nitrogen functional groups attached to an aromatic ring is 1. The van der Waals surface area contributed by atoms with Crippen LogP contribution in [0.2, 0.25) is 5.15 Å². The van der Waals surface area contributed by atoms with Crippen LogP contribution < -0.4 is 5.73 Å². The third-order valence-corrected chi connectivity index (χ3v) is 2.92. The molecule has 0 spiro atoms. The number of aromatic nitrogens is 2. The van der Waals surface area contributed by atoms with E-state index in [-0.39, 0.29) is 5.97 Å². The quantitative estimate of drug-likeness (QED) is 0.297. The SMILES string of the molecule is COC(=O)C=C(C)CSc1nc(N)cc(Cl)n1. The van der Waals surface area contributed by atoms with E-state index in [1.807, 2.05) is 6.92 Å². The van der Waals surface area contributed by atoms with E-state index in [0.717, 1.165) is 5.57 Å². The summed E-state index contributed by atoms with van der Waals surface area (Å²) in [5.41, 5.74) is 6.38. The molecule has 0 atom stereocenters. The standard InChI is InChI=1S/C10H12ClN3O2S/c1-6(3-9(15)16-2)5-17-10-13-7(11)4-8(12)14-10/h3-4H,5H2,1-2H3,(H2,12,13,14). The third-order valence-electron chi connectivity index (χ3n) is 1.69. The number of esters is 1. The fourth-order valence-corrected chi connectivity index (χ4v) is 1.97. The van der Waals surface area contributed by atoms with Gasteiger partial charge in [0.2, 0.25) is 0 Å². The van der Waals surface area contributed by atoms with Gasteiger partial charge < -0.3 is 10.5 Å². The number of hydrogen-bond acceptors (Lipinski definition) is 6. The van der Waals surface area contributed by atoms with E-state index in [1.54, 1.807) is 0 Å². The van der Waals surface area contributed by atoms with E-state index < -0.39 is 0 Å². The van der Waals surface area contributed by atoms with Crippen LogP contribution in [0.5, 0.6) is 0 Å². The molecule has 2 N–H and O–H groups in total. The van der Waals surface area contributed by atoms with Crippen molar-refractivity contribution in [2.24, 2.45) is 0 Å². The first-order valence-corrected chi connectivity index (χ1v) is 6.05. The van der Waals surface area contributed by atoms with E-state index in [2.05, 4.69) is 14.7 Å². The van der Waals surface area contributed by atoms with Gasteiger partial charge >= 0.3 is 5.97 Å². The summed E-state index contributed by atoms with van der Waals surface area (Å²) in [6.45, 7) is 1.82. The Balaban J connectivity index is 2.61. The number of carbonyl (C=O) groups excluding carboxylic acids is 1. The number of halogens is 1. The number of anilines is 1. The van der Waals surface area contributed by atoms with Crippen LogP contribution in [0.25, 0.3) is 0 Å². The van der Waals surface area contributed by atoms with Crippen LogP contribution in [-0.4, -0.2) is 28.8 Å². The molecule has 0 aliphatic heterocycles. The van der Waals surface area contributed by atoms with Crippen LogP contribution in [0.3, 0.4) is 0 Å². The van der Waals surface area contributed by atoms with Gasteiger partial charge in [-0.15, -0.1) is 0 Å². The zero-order valence-electron chi connectivity index (χ0n) is 9.44. The Hall–Kier alpha value is -1.27. The zero-order valence-corrected chi connectivity index (χ0v) is 11.0. The van der Waals surface area contributed by atoms with Gasteiger partial charge in [0.25, 0.3) is 0 Å². The van der Waals surface area contributed by atoms with Gasteiger partial charge in [-0.05, 0) is 6.92 Å². The van der Waals surface area contributed by atoms with Crippen LogP contribution in [0.4, 0.5) is 5.82 Å². The Kier molecular flexibility index (Phi) is 5.24. The zero-order chi connectivity index (χ0) is 12.8. The predicted octanol–water partition coefficient (Wildman–Crippen LogP) is 1.92. The van der Waals surface area contributed by atoms with Crippen molar-refractivity contribution >= 4 is 35.1 Å². The summed E-state index contributed by atoms with van der Waals surface area (Å²) < 4.78 is 4.51. The minimum absolute atomic E-state index is 0.301. The molecule has 0 amide bonds. The molecule has 5 nitrogen and oxygen atoms in total. The maximum atomic E-state index is 11.0. The lowest BCUT2D eigenvalue weighted by Crippen LogP contribution is -1.98. The first-order valence-electron chi connectivity index (χ1n) is 4.69. The van der Waals surface area contributed by atoms with Crippen molar-refractivity contribution in [1.29, 1.82) is 0 Å². The Morgan fingerprint density at radius 2 is 2.35 bits per heavy atom. The lowest BCUT2D eigenvalue weighted by molar-refractivity contribution is -0.134. The molecule has 0 aliphatic rings. The van der Waals surface area contributed by atoms with Crippen molar-refractivity contribution in [3.05, 3.63) is 22.9 Å². The topological polar surface area (TPSA) is 78.1 Å². The van der Waals surface area contributed by atoms with Gasteiger partial charge in [-0.25, -0.2) is 14.8 Å². The lowest BCUT2D eigenvalue weighted by Gasteiger charge is -2.02. The smallest absolute Gasteiger partial charge is 0.330 e. The number of thioether (sulfide) groups is 1. The largest absolute Gasteiger partial charge is 0.466 e. The van der Waals surface area contributed by atoms with Gasteiger partial charge in [0.05, 0.1) is 7.11 Å². The first kappa shape index (κ1) is 13.8. The van der Waals surface area contributed by atoms with Crippen molar-refractivity contribution in [1.82, 2.24) is 9.97 Å². The average Bonchev–Trinajstić information content (AvgIpc) is 2.25. The normalized spacial score (nSPS) is 11.4. The average molecular weight is 274 g/mol.